The zero-order valence-electron chi connectivity index (χ0n) is 34.5. The van der Waals surface area contributed by atoms with E-state index in [2.05, 4.69) is 29.7 Å². The maximum atomic E-state index is 15.1. The lowest BCUT2D eigenvalue weighted by Crippen LogP contribution is -2.70. The number of halogens is 1. The van der Waals surface area contributed by atoms with E-state index in [0.717, 1.165) is 62.2 Å². The first-order valence-corrected chi connectivity index (χ1v) is 21.4. The molecule has 2 fully saturated rings. The van der Waals surface area contributed by atoms with Crippen molar-refractivity contribution in [3.63, 3.8) is 0 Å². The van der Waals surface area contributed by atoms with Gasteiger partial charge in [0, 0.05) is 62.9 Å². The highest BCUT2D eigenvalue weighted by Crippen LogP contribution is 2.62. The minimum absolute atomic E-state index is 0.0537. The smallest absolute Gasteiger partial charge is 0.254 e. The molecule has 6 atom stereocenters. The van der Waals surface area contributed by atoms with Crippen LogP contribution in [0.4, 0.5) is 4.39 Å². The number of allylic oxidation sites excluding steroid dienone is 1. The largest absolute Gasteiger partial charge is 0.492 e. The maximum Gasteiger partial charge on any atom is 0.254 e. The molecule has 2 heterocycles. The molecule has 0 unspecified atom stereocenters. The van der Waals surface area contributed by atoms with E-state index in [-0.39, 0.29) is 62.3 Å². The number of hydrogen-bond donors (Lipinski definition) is 2. The summed E-state index contributed by atoms with van der Waals surface area (Å²) in [5, 5.41) is 34.2. The van der Waals surface area contributed by atoms with Crippen molar-refractivity contribution >= 4 is 11.6 Å². The van der Waals surface area contributed by atoms with Crippen molar-refractivity contribution in [1.29, 1.82) is 5.26 Å². The molecule has 1 saturated carbocycles. The molecular weight excluding hydrogens is 764 g/mol. The highest BCUT2D eigenvalue weighted by molar-refractivity contribution is 6.03. The van der Waals surface area contributed by atoms with Crippen LogP contribution in [0.1, 0.15) is 84.8 Å². The van der Waals surface area contributed by atoms with Gasteiger partial charge >= 0.3 is 0 Å². The van der Waals surface area contributed by atoms with Crippen LogP contribution in [0.5, 0.6) is 11.5 Å². The highest BCUT2D eigenvalue weighted by atomic mass is 19.1. The molecule has 12 heteroatoms. The Morgan fingerprint density at radius 2 is 1.82 bits per heavy atom. The third kappa shape index (κ3) is 9.45. The van der Waals surface area contributed by atoms with Gasteiger partial charge in [-0.25, -0.2) is 4.39 Å². The summed E-state index contributed by atoms with van der Waals surface area (Å²) in [7, 11) is 0. The molecule has 0 aromatic heterocycles. The third-order valence-electron chi connectivity index (χ3n) is 12.3. The summed E-state index contributed by atoms with van der Waals surface area (Å²) < 4.78 is 35.1. The van der Waals surface area contributed by atoms with Gasteiger partial charge in [-0.15, -0.1) is 6.58 Å². The van der Waals surface area contributed by atoms with Gasteiger partial charge < -0.3 is 34.2 Å². The maximum absolute atomic E-state index is 15.1. The van der Waals surface area contributed by atoms with Crippen LogP contribution in [0.2, 0.25) is 0 Å². The number of aliphatic hydroxyl groups excluding tert-OH is 2. The lowest BCUT2D eigenvalue weighted by molar-refractivity contribution is -0.255. The Bertz CT molecular complexity index is 2050. The number of hydrogen-bond acceptors (Lipinski definition) is 10. The van der Waals surface area contributed by atoms with Crippen molar-refractivity contribution in [2.45, 2.75) is 76.2 Å². The van der Waals surface area contributed by atoms with Crippen LogP contribution in [-0.4, -0.2) is 96.1 Å². The number of rotatable bonds is 21. The van der Waals surface area contributed by atoms with Crippen molar-refractivity contribution in [2.24, 2.45) is 22.9 Å². The zero-order chi connectivity index (χ0) is 42.1. The number of carbonyl (C=O) groups excluding carboxylic acids is 1. The lowest BCUT2D eigenvalue weighted by Gasteiger charge is -2.60. The average Bonchev–Trinajstić information content (AvgIpc) is 4.10. The van der Waals surface area contributed by atoms with Crippen LogP contribution in [0.3, 0.4) is 0 Å². The van der Waals surface area contributed by atoms with E-state index < -0.39 is 17.7 Å². The van der Waals surface area contributed by atoms with E-state index in [9.17, 15) is 19.9 Å². The summed E-state index contributed by atoms with van der Waals surface area (Å²) in [5.74, 6) is -1.38. The van der Waals surface area contributed by atoms with E-state index in [0.29, 0.717) is 54.2 Å². The predicted octanol–water partition coefficient (Wildman–Crippen LogP) is 7.39. The fraction of sp³-hybridized carbons (Fsp3) is 0.479. The Morgan fingerprint density at radius 3 is 2.50 bits per heavy atom. The third-order valence-corrected chi connectivity index (χ3v) is 12.3. The van der Waals surface area contributed by atoms with Gasteiger partial charge in [0.05, 0.1) is 29.9 Å². The van der Waals surface area contributed by atoms with Gasteiger partial charge in [0.25, 0.3) is 5.91 Å². The number of nitriles is 1. The molecule has 4 aliphatic rings. The molecule has 2 aliphatic heterocycles. The summed E-state index contributed by atoms with van der Waals surface area (Å²) >= 11 is 0. The van der Waals surface area contributed by atoms with Crippen molar-refractivity contribution in [2.75, 3.05) is 52.7 Å². The van der Waals surface area contributed by atoms with Gasteiger partial charge in [0.1, 0.15) is 36.6 Å². The van der Waals surface area contributed by atoms with E-state index in [1.165, 1.54) is 12.1 Å². The van der Waals surface area contributed by atoms with Crippen molar-refractivity contribution in [3.05, 3.63) is 119 Å². The number of benzene rings is 3. The van der Waals surface area contributed by atoms with Crippen molar-refractivity contribution < 1.29 is 38.4 Å². The van der Waals surface area contributed by atoms with Gasteiger partial charge in [-0.05, 0) is 110 Å². The van der Waals surface area contributed by atoms with Gasteiger partial charge in [-0.2, -0.15) is 5.26 Å². The molecule has 11 nitrogen and oxygen atoms in total. The highest BCUT2D eigenvalue weighted by Gasteiger charge is 2.65. The second-order valence-corrected chi connectivity index (χ2v) is 16.1. The molecule has 1 saturated heterocycles. The first-order chi connectivity index (χ1) is 29.3. The minimum Gasteiger partial charge on any atom is -0.492 e. The van der Waals surface area contributed by atoms with E-state index in [1.54, 1.807) is 47.4 Å². The summed E-state index contributed by atoms with van der Waals surface area (Å²) in [5.41, 5.74) is 4.10. The molecular formula is C48H57FN4O7. The predicted molar refractivity (Wildman–Crippen MR) is 226 cm³/mol. The minimum atomic E-state index is -1.47. The SMILES string of the molecule is C=CCO[C@@]12Oc3ccc(OCCN4CC4)cc3[C@H]3[C@H](CCCCO)[C@@H](CCCCO)C=C(C(=NOCC)C[C@@H]1N(Cc1ccc(F)cc1)C(=O)c1ccc(C#N)cc1)[C@H]32. The average molecular weight is 821 g/mol. The molecule has 60 heavy (non-hydrogen) atoms. The molecule has 0 bridgehead atoms. The molecule has 0 spiro atoms. The van der Waals surface area contributed by atoms with Crippen LogP contribution >= 0.6 is 0 Å². The zero-order valence-corrected chi connectivity index (χ0v) is 34.5. The molecule has 0 radical (unpaired) electrons. The monoisotopic (exact) mass is 820 g/mol. The first-order valence-electron chi connectivity index (χ1n) is 21.4. The summed E-state index contributed by atoms with van der Waals surface area (Å²) in [6.45, 7) is 10.2. The van der Waals surface area contributed by atoms with Gasteiger partial charge in [-0.1, -0.05) is 42.3 Å². The number of unbranched alkanes of at least 4 members (excludes halogenated alkanes) is 2. The number of amides is 1. The Kier molecular flexibility index (Phi) is 14.3. The molecule has 2 aliphatic carbocycles. The Labute approximate surface area is 352 Å². The number of aliphatic hydroxyl groups is 2. The Morgan fingerprint density at radius 1 is 1.07 bits per heavy atom. The molecule has 2 N–H and O–H groups in total. The van der Waals surface area contributed by atoms with E-state index >= 15 is 4.79 Å². The number of carbonyl (C=O) groups is 1. The van der Waals surface area contributed by atoms with Gasteiger partial charge in [0.15, 0.2) is 0 Å². The molecule has 318 valence electrons. The number of ether oxygens (including phenoxy) is 3. The standard InChI is InChI=1S/C48H57FN4O7/c1-3-26-58-48-44(53(32-34-13-17-37(49)18-14-34)47(56)35-15-11-33(31-50)12-16-35)30-42(51-59-4-2)40-28-36(9-5-7-24-54)39(10-6-8-25-55)45(46(40)48)41-29-38(19-20-43(41)60-48)57-27-23-52-21-22-52/h3,11-20,28-29,36,39,44-46,54-55H,1,4-10,21-27,30,32H2,2H3/t36-,39+,44-,45+,46+,48+/m0/s1. The summed E-state index contributed by atoms with van der Waals surface area (Å²) in [4.78, 5) is 25.1. The van der Waals surface area contributed by atoms with E-state index in [4.69, 9.17) is 24.2 Å². The number of oxime groups is 1. The molecule has 1 amide bonds. The fourth-order valence-electron chi connectivity index (χ4n) is 9.43. The van der Waals surface area contributed by atoms with Crippen LogP contribution in [0.15, 0.2) is 96.2 Å². The quantitative estimate of drug-likeness (QED) is 0.0488. The molecule has 3 aromatic rings. The number of fused-ring (bicyclic) bond motifs is 2. The second kappa shape index (κ2) is 20.0. The van der Waals surface area contributed by atoms with Crippen LogP contribution in [-0.2, 0) is 16.1 Å². The Balaban J connectivity index is 1.44. The van der Waals surface area contributed by atoms with Crippen LogP contribution in [0.25, 0.3) is 0 Å². The van der Waals surface area contributed by atoms with Gasteiger partial charge in [0.2, 0.25) is 5.79 Å². The van der Waals surface area contributed by atoms with Crippen LogP contribution < -0.4 is 9.47 Å². The summed E-state index contributed by atoms with van der Waals surface area (Å²) in [6, 6.07) is 20.0. The van der Waals surface area contributed by atoms with Crippen molar-refractivity contribution in [1.82, 2.24) is 9.80 Å². The fourth-order valence-corrected chi connectivity index (χ4v) is 9.43. The topological polar surface area (TPSA) is 137 Å². The van der Waals surface area contributed by atoms with Crippen LogP contribution in [0, 0.1) is 34.9 Å². The van der Waals surface area contributed by atoms with Gasteiger partial charge in [-0.3, -0.25) is 9.69 Å². The summed E-state index contributed by atoms with van der Waals surface area (Å²) in [6.07, 6.45) is 8.79. The molecule has 7 rings (SSSR count). The lowest BCUT2D eigenvalue weighted by atomic mass is 9.55. The van der Waals surface area contributed by atoms with Crippen molar-refractivity contribution in [3.8, 4) is 17.6 Å². The normalized spacial score (nSPS) is 24.6. The van der Waals surface area contributed by atoms with E-state index in [1.807, 2.05) is 19.1 Å². The number of nitrogens with zero attached hydrogens (tertiary/aromatic N) is 4. The second-order valence-electron chi connectivity index (χ2n) is 16.1. The molecule has 3 aromatic carbocycles. The Hall–Kier alpha value is -5.06. The first kappa shape index (κ1) is 43.0.